The lowest BCUT2D eigenvalue weighted by Crippen LogP contribution is -2.28. The summed E-state index contributed by atoms with van der Waals surface area (Å²) in [6, 6.07) is 4.17. The van der Waals surface area contributed by atoms with E-state index in [-0.39, 0.29) is 0 Å². The van der Waals surface area contributed by atoms with E-state index in [0.29, 0.717) is 6.10 Å². The molecule has 1 aromatic heterocycles. The van der Waals surface area contributed by atoms with Gasteiger partial charge in [-0.25, -0.2) is 4.98 Å². The summed E-state index contributed by atoms with van der Waals surface area (Å²) >= 11 is 0. The van der Waals surface area contributed by atoms with Gasteiger partial charge in [-0.15, -0.1) is 0 Å². The van der Waals surface area contributed by atoms with Gasteiger partial charge in [0.25, 0.3) is 0 Å². The molecule has 1 fully saturated rings. The molecule has 0 radical (unpaired) electrons. The van der Waals surface area contributed by atoms with E-state index in [1.54, 1.807) is 0 Å². The average molecular weight is 262 g/mol. The third-order valence-corrected chi connectivity index (χ3v) is 3.79. The minimum Gasteiger partial charge on any atom is -0.474 e. The Hall–Kier alpha value is -1.09. The van der Waals surface area contributed by atoms with Crippen molar-refractivity contribution in [1.29, 1.82) is 0 Å². The molecular weight excluding hydrogens is 236 g/mol. The second-order valence-corrected chi connectivity index (χ2v) is 6.14. The van der Waals surface area contributed by atoms with Crippen LogP contribution in [0.3, 0.4) is 0 Å². The van der Waals surface area contributed by atoms with Gasteiger partial charge in [-0.05, 0) is 56.7 Å². The Balaban J connectivity index is 2.05. The molecule has 0 aromatic carbocycles. The minimum atomic E-state index is 0.329. The van der Waals surface area contributed by atoms with Gasteiger partial charge in [0.1, 0.15) is 6.10 Å². The lowest BCUT2D eigenvalue weighted by atomic mass is 9.82. The zero-order chi connectivity index (χ0) is 13.8. The first-order valence-corrected chi connectivity index (χ1v) is 7.35. The van der Waals surface area contributed by atoms with E-state index >= 15 is 0 Å². The number of ether oxygens (including phenoxy) is 1. The lowest BCUT2D eigenvalue weighted by molar-refractivity contribution is 0.0965. The van der Waals surface area contributed by atoms with Crippen molar-refractivity contribution in [2.45, 2.75) is 52.7 Å². The quantitative estimate of drug-likeness (QED) is 0.904. The first kappa shape index (κ1) is 14.3. The maximum Gasteiger partial charge on any atom is 0.214 e. The van der Waals surface area contributed by atoms with Crippen molar-refractivity contribution in [1.82, 2.24) is 10.3 Å². The Morgan fingerprint density at radius 3 is 2.53 bits per heavy atom. The molecule has 2 rings (SSSR count). The van der Waals surface area contributed by atoms with E-state index in [9.17, 15) is 0 Å². The van der Waals surface area contributed by atoms with E-state index < -0.39 is 0 Å². The van der Waals surface area contributed by atoms with Gasteiger partial charge in [-0.2, -0.15) is 0 Å². The molecule has 0 amide bonds. The number of nitrogens with one attached hydrogen (secondary N) is 1. The highest BCUT2D eigenvalue weighted by molar-refractivity contribution is 5.24. The lowest BCUT2D eigenvalue weighted by Gasteiger charge is -2.31. The molecule has 1 heterocycles. The van der Waals surface area contributed by atoms with Crippen LogP contribution in [0.4, 0.5) is 0 Å². The van der Waals surface area contributed by atoms with Crippen LogP contribution in [0.15, 0.2) is 12.1 Å². The second-order valence-electron chi connectivity index (χ2n) is 6.14. The van der Waals surface area contributed by atoms with Crippen molar-refractivity contribution < 1.29 is 4.74 Å². The van der Waals surface area contributed by atoms with Gasteiger partial charge in [-0.1, -0.05) is 13.8 Å². The van der Waals surface area contributed by atoms with E-state index in [4.69, 9.17) is 4.74 Å². The summed E-state index contributed by atoms with van der Waals surface area (Å²) in [6.45, 7) is 7.53. The Morgan fingerprint density at radius 1 is 1.21 bits per heavy atom. The Labute approximate surface area is 116 Å². The monoisotopic (exact) mass is 262 g/mol. The number of rotatable bonds is 4. The fraction of sp³-hybridized carbons (Fsp3) is 0.688. The van der Waals surface area contributed by atoms with E-state index in [1.165, 1.54) is 12.0 Å². The van der Waals surface area contributed by atoms with E-state index in [1.807, 2.05) is 14.0 Å². The van der Waals surface area contributed by atoms with E-state index in [2.05, 4.69) is 36.3 Å². The highest BCUT2D eigenvalue weighted by Gasteiger charge is 2.25. The number of aryl methyl sites for hydroxylation is 1. The molecule has 3 heteroatoms. The smallest absolute Gasteiger partial charge is 0.214 e. The predicted octanol–water partition coefficient (Wildman–Crippen LogP) is 3.31. The van der Waals surface area contributed by atoms with Gasteiger partial charge in [0.15, 0.2) is 0 Å². The SMILES string of the molecule is CNCc1cc(C)nc(OC2CC(C)CC(C)C2)c1. The van der Waals surface area contributed by atoms with Crippen LogP contribution in [-0.2, 0) is 6.54 Å². The molecule has 1 aliphatic carbocycles. The van der Waals surface area contributed by atoms with Crippen LogP contribution in [0.2, 0.25) is 0 Å². The summed E-state index contributed by atoms with van der Waals surface area (Å²) in [6.07, 6.45) is 3.96. The van der Waals surface area contributed by atoms with Gasteiger partial charge in [-0.3, -0.25) is 0 Å². The summed E-state index contributed by atoms with van der Waals surface area (Å²) in [5, 5.41) is 3.17. The number of aromatic nitrogens is 1. The maximum atomic E-state index is 6.13. The minimum absolute atomic E-state index is 0.329. The Kier molecular flexibility index (Phi) is 4.81. The van der Waals surface area contributed by atoms with Gasteiger partial charge in [0.2, 0.25) is 5.88 Å². The molecule has 1 aliphatic rings. The summed E-state index contributed by atoms with van der Waals surface area (Å²) in [7, 11) is 1.96. The first-order valence-electron chi connectivity index (χ1n) is 7.35. The van der Waals surface area contributed by atoms with Crippen molar-refractivity contribution in [2.24, 2.45) is 11.8 Å². The summed E-state index contributed by atoms with van der Waals surface area (Å²) in [5.41, 5.74) is 2.27. The zero-order valence-corrected chi connectivity index (χ0v) is 12.6. The predicted molar refractivity (Wildman–Crippen MR) is 78.3 cm³/mol. The Morgan fingerprint density at radius 2 is 1.89 bits per heavy atom. The van der Waals surface area contributed by atoms with Gasteiger partial charge in [0, 0.05) is 18.3 Å². The number of pyridine rings is 1. The molecule has 0 bridgehead atoms. The third kappa shape index (κ3) is 4.20. The maximum absolute atomic E-state index is 6.13. The molecule has 1 aromatic rings. The van der Waals surface area contributed by atoms with Crippen molar-refractivity contribution in [3.8, 4) is 5.88 Å². The van der Waals surface area contributed by atoms with Gasteiger partial charge < -0.3 is 10.1 Å². The molecule has 0 aliphatic heterocycles. The standard InChI is InChI=1S/C16H26N2O/c1-11-5-12(2)7-15(6-11)19-16-9-14(10-17-4)8-13(3)18-16/h8-9,11-12,15,17H,5-7,10H2,1-4H3. The molecule has 106 valence electrons. The normalized spacial score (nSPS) is 27.3. The topological polar surface area (TPSA) is 34.2 Å². The molecular formula is C16H26N2O. The molecule has 1 saturated carbocycles. The van der Waals surface area contributed by atoms with Gasteiger partial charge >= 0.3 is 0 Å². The van der Waals surface area contributed by atoms with Crippen molar-refractivity contribution >= 4 is 0 Å². The highest BCUT2D eigenvalue weighted by Crippen LogP contribution is 2.31. The number of hydrogen-bond acceptors (Lipinski definition) is 3. The van der Waals surface area contributed by atoms with Crippen LogP contribution in [0.5, 0.6) is 5.88 Å². The number of hydrogen-bond donors (Lipinski definition) is 1. The molecule has 2 unspecified atom stereocenters. The Bertz CT molecular complexity index is 409. The molecule has 0 spiro atoms. The van der Waals surface area contributed by atoms with E-state index in [0.717, 1.165) is 42.8 Å². The second kappa shape index (κ2) is 6.38. The summed E-state index contributed by atoms with van der Waals surface area (Å²) in [4.78, 5) is 4.51. The summed E-state index contributed by atoms with van der Waals surface area (Å²) < 4.78 is 6.13. The fourth-order valence-electron chi connectivity index (χ4n) is 3.21. The van der Waals surface area contributed by atoms with Crippen molar-refractivity contribution in [3.05, 3.63) is 23.4 Å². The molecule has 1 N–H and O–H groups in total. The van der Waals surface area contributed by atoms with Crippen LogP contribution in [0, 0.1) is 18.8 Å². The average Bonchev–Trinajstić information content (AvgIpc) is 2.26. The first-order chi connectivity index (χ1) is 9.06. The zero-order valence-electron chi connectivity index (χ0n) is 12.6. The fourth-order valence-corrected chi connectivity index (χ4v) is 3.21. The van der Waals surface area contributed by atoms with Crippen LogP contribution < -0.4 is 10.1 Å². The molecule has 0 saturated heterocycles. The largest absolute Gasteiger partial charge is 0.474 e. The third-order valence-electron chi connectivity index (χ3n) is 3.79. The van der Waals surface area contributed by atoms with Crippen LogP contribution in [0.25, 0.3) is 0 Å². The summed E-state index contributed by atoms with van der Waals surface area (Å²) in [5.74, 6) is 2.31. The highest BCUT2D eigenvalue weighted by atomic mass is 16.5. The van der Waals surface area contributed by atoms with Crippen molar-refractivity contribution in [2.75, 3.05) is 7.05 Å². The van der Waals surface area contributed by atoms with Crippen LogP contribution >= 0.6 is 0 Å². The molecule has 3 nitrogen and oxygen atoms in total. The van der Waals surface area contributed by atoms with Crippen molar-refractivity contribution in [3.63, 3.8) is 0 Å². The molecule has 2 atom stereocenters. The number of nitrogens with zero attached hydrogens (tertiary/aromatic N) is 1. The van der Waals surface area contributed by atoms with Crippen LogP contribution in [0.1, 0.15) is 44.4 Å². The molecule has 19 heavy (non-hydrogen) atoms. The van der Waals surface area contributed by atoms with Crippen LogP contribution in [-0.4, -0.2) is 18.1 Å². The van der Waals surface area contributed by atoms with Gasteiger partial charge in [0.05, 0.1) is 0 Å².